The molecule has 1 aliphatic carbocycles. The van der Waals surface area contributed by atoms with E-state index in [1.165, 1.54) is 25.7 Å². The Morgan fingerprint density at radius 2 is 2.11 bits per heavy atom. The molecule has 1 aromatic carbocycles. The average molecular weight is 284 g/mol. The van der Waals surface area contributed by atoms with Crippen LogP contribution in [0.3, 0.4) is 0 Å². The molecular weight excluding hydrogens is 261 g/mol. The molecule has 0 radical (unpaired) electrons. The number of halogens is 2. The summed E-state index contributed by atoms with van der Waals surface area (Å²) in [5.74, 6) is 0.440. The van der Waals surface area contributed by atoms with E-state index in [-0.39, 0.29) is 10.8 Å². The Balaban J connectivity index is 2.07. The van der Waals surface area contributed by atoms with Gasteiger partial charge in [-0.2, -0.15) is 0 Å². The highest BCUT2D eigenvalue weighted by molar-refractivity contribution is 6.30. The second kappa shape index (κ2) is 7.25. The van der Waals surface area contributed by atoms with Crippen molar-refractivity contribution in [1.82, 2.24) is 5.32 Å². The first kappa shape index (κ1) is 14.8. The number of rotatable bonds is 6. The highest BCUT2D eigenvalue weighted by Gasteiger charge is 2.25. The lowest BCUT2D eigenvalue weighted by Crippen LogP contribution is -2.37. The fourth-order valence-corrected chi connectivity index (χ4v) is 3.23. The molecule has 1 atom stereocenters. The fraction of sp³-hybridized carbons (Fsp3) is 0.625. The predicted octanol–water partition coefficient (Wildman–Crippen LogP) is 4.58. The van der Waals surface area contributed by atoms with Gasteiger partial charge in [0.05, 0.1) is 5.02 Å². The summed E-state index contributed by atoms with van der Waals surface area (Å²) < 4.78 is 14.0. The molecule has 0 amide bonds. The van der Waals surface area contributed by atoms with Crippen molar-refractivity contribution in [3.05, 3.63) is 34.6 Å². The zero-order valence-electron chi connectivity index (χ0n) is 11.6. The quantitative estimate of drug-likeness (QED) is 0.806. The predicted molar refractivity (Wildman–Crippen MR) is 79.2 cm³/mol. The molecule has 19 heavy (non-hydrogen) atoms. The Kier molecular flexibility index (Phi) is 5.65. The summed E-state index contributed by atoms with van der Waals surface area (Å²) in [6.07, 6.45) is 7.02. The molecule has 1 aromatic rings. The third-order valence-electron chi connectivity index (χ3n) is 4.10. The lowest BCUT2D eigenvalue weighted by Gasteiger charge is -2.25. The minimum Gasteiger partial charge on any atom is -0.313 e. The molecule has 2 rings (SSSR count). The minimum atomic E-state index is -0.245. The standard InChI is InChI=1S/C16H23ClFN/c1-2-10-19-15(12-6-3-4-7-12)11-13-8-5-9-14(17)16(13)18/h5,8-9,12,15,19H,2-4,6-7,10-11H2,1H3. The summed E-state index contributed by atoms with van der Waals surface area (Å²) in [7, 11) is 0. The van der Waals surface area contributed by atoms with Crippen LogP contribution in [-0.4, -0.2) is 12.6 Å². The van der Waals surface area contributed by atoms with Gasteiger partial charge in [0.25, 0.3) is 0 Å². The molecule has 1 unspecified atom stereocenters. The van der Waals surface area contributed by atoms with Gasteiger partial charge < -0.3 is 5.32 Å². The first-order valence-electron chi connectivity index (χ1n) is 7.38. The Morgan fingerprint density at radius 3 is 2.79 bits per heavy atom. The van der Waals surface area contributed by atoms with Crippen molar-refractivity contribution in [2.75, 3.05) is 6.54 Å². The van der Waals surface area contributed by atoms with E-state index in [1.807, 2.05) is 12.1 Å². The second-order valence-electron chi connectivity index (χ2n) is 5.52. The van der Waals surface area contributed by atoms with Gasteiger partial charge in [-0.1, -0.05) is 43.5 Å². The number of hydrogen-bond acceptors (Lipinski definition) is 1. The Labute approximate surface area is 120 Å². The van der Waals surface area contributed by atoms with Gasteiger partial charge in [0.1, 0.15) is 5.82 Å². The van der Waals surface area contributed by atoms with E-state index in [9.17, 15) is 4.39 Å². The molecule has 0 heterocycles. The fourth-order valence-electron chi connectivity index (χ4n) is 3.04. The average Bonchev–Trinajstić information content (AvgIpc) is 2.93. The monoisotopic (exact) mass is 283 g/mol. The van der Waals surface area contributed by atoms with E-state index in [0.29, 0.717) is 12.0 Å². The maximum absolute atomic E-state index is 14.0. The van der Waals surface area contributed by atoms with Crippen molar-refractivity contribution >= 4 is 11.6 Å². The van der Waals surface area contributed by atoms with Crippen LogP contribution in [0.15, 0.2) is 18.2 Å². The number of nitrogens with one attached hydrogen (secondary N) is 1. The van der Waals surface area contributed by atoms with Gasteiger partial charge in [-0.15, -0.1) is 0 Å². The summed E-state index contributed by atoms with van der Waals surface area (Å²) in [5.41, 5.74) is 0.744. The summed E-state index contributed by atoms with van der Waals surface area (Å²) >= 11 is 5.87. The Morgan fingerprint density at radius 1 is 1.37 bits per heavy atom. The topological polar surface area (TPSA) is 12.0 Å². The number of hydrogen-bond donors (Lipinski definition) is 1. The summed E-state index contributed by atoms with van der Waals surface area (Å²) in [4.78, 5) is 0. The van der Waals surface area contributed by atoms with Crippen LogP contribution in [0.5, 0.6) is 0 Å². The van der Waals surface area contributed by atoms with Crippen molar-refractivity contribution in [2.45, 2.75) is 51.5 Å². The normalized spacial score (nSPS) is 17.8. The van der Waals surface area contributed by atoms with Gasteiger partial charge in [-0.25, -0.2) is 4.39 Å². The van der Waals surface area contributed by atoms with Crippen molar-refractivity contribution in [2.24, 2.45) is 5.92 Å². The van der Waals surface area contributed by atoms with E-state index < -0.39 is 0 Å². The molecule has 0 bridgehead atoms. The Bertz CT molecular complexity index is 402. The molecule has 0 aliphatic heterocycles. The summed E-state index contributed by atoms with van der Waals surface area (Å²) in [6.45, 7) is 3.17. The van der Waals surface area contributed by atoms with E-state index >= 15 is 0 Å². The van der Waals surface area contributed by atoms with E-state index in [4.69, 9.17) is 11.6 Å². The van der Waals surface area contributed by atoms with Gasteiger partial charge in [-0.3, -0.25) is 0 Å². The van der Waals surface area contributed by atoms with Gasteiger partial charge in [0.15, 0.2) is 0 Å². The Hall–Kier alpha value is -0.600. The van der Waals surface area contributed by atoms with Crippen molar-refractivity contribution in [3.8, 4) is 0 Å². The second-order valence-corrected chi connectivity index (χ2v) is 5.93. The maximum atomic E-state index is 14.0. The maximum Gasteiger partial charge on any atom is 0.145 e. The SMILES string of the molecule is CCCNC(Cc1cccc(Cl)c1F)C1CCCC1. The van der Waals surface area contributed by atoms with Crippen molar-refractivity contribution in [3.63, 3.8) is 0 Å². The van der Waals surface area contributed by atoms with Crippen LogP contribution in [0.4, 0.5) is 4.39 Å². The minimum absolute atomic E-state index is 0.234. The van der Waals surface area contributed by atoms with Crippen LogP contribution in [0.2, 0.25) is 5.02 Å². The van der Waals surface area contributed by atoms with E-state index in [0.717, 1.165) is 24.9 Å². The molecule has 0 spiro atoms. The van der Waals surface area contributed by atoms with Gasteiger partial charge in [0, 0.05) is 6.04 Å². The van der Waals surface area contributed by atoms with Crippen molar-refractivity contribution in [1.29, 1.82) is 0 Å². The third kappa shape index (κ3) is 3.93. The van der Waals surface area contributed by atoms with Crippen LogP contribution in [0, 0.1) is 11.7 Å². The third-order valence-corrected chi connectivity index (χ3v) is 4.39. The first-order chi connectivity index (χ1) is 9.22. The zero-order chi connectivity index (χ0) is 13.7. The molecule has 0 saturated heterocycles. The summed E-state index contributed by atoms with van der Waals surface area (Å²) in [5, 5.41) is 3.83. The highest BCUT2D eigenvalue weighted by atomic mass is 35.5. The smallest absolute Gasteiger partial charge is 0.145 e. The highest BCUT2D eigenvalue weighted by Crippen LogP contribution is 2.30. The molecule has 106 valence electrons. The summed E-state index contributed by atoms with van der Waals surface area (Å²) in [6, 6.07) is 5.70. The molecule has 1 N–H and O–H groups in total. The van der Waals surface area contributed by atoms with Gasteiger partial charge in [-0.05, 0) is 49.8 Å². The van der Waals surface area contributed by atoms with Crippen LogP contribution in [-0.2, 0) is 6.42 Å². The number of benzene rings is 1. The van der Waals surface area contributed by atoms with Crippen LogP contribution in [0.25, 0.3) is 0 Å². The van der Waals surface area contributed by atoms with Gasteiger partial charge in [0.2, 0.25) is 0 Å². The van der Waals surface area contributed by atoms with Gasteiger partial charge >= 0.3 is 0 Å². The molecule has 1 saturated carbocycles. The lowest BCUT2D eigenvalue weighted by molar-refractivity contribution is 0.353. The van der Waals surface area contributed by atoms with Crippen LogP contribution < -0.4 is 5.32 Å². The largest absolute Gasteiger partial charge is 0.313 e. The van der Waals surface area contributed by atoms with E-state index in [1.54, 1.807) is 6.07 Å². The van der Waals surface area contributed by atoms with Crippen molar-refractivity contribution < 1.29 is 4.39 Å². The molecular formula is C16H23ClFN. The molecule has 1 aliphatic rings. The lowest BCUT2D eigenvalue weighted by atomic mass is 9.92. The molecule has 1 nitrogen and oxygen atoms in total. The van der Waals surface area contributed by atoms with Crippen LogP contribution in [0.1, 0.15) is 44.6 Å². The molecule has 0 aromatic heterocycles. The van der Waals surface area contributed by atoms with Crippen LogP contribution >= 0.6 is 11.6 Å². The molecule has 1 fully saturated rings. The zero-order valence-corrected chi connectivity index (χ0v) is 12.3. The van der Waals surface area contributed by atoms with E-state index in [2.05, 4.69) is 12.2 Å². The molecule has 3 heteroatoms. The first-order valence-corrected chi connectivity index (χ1v) is 7.76.